The second-order valence-electron chi connectivity index (χ2n) is 4.36. The first-order valence-electron chi connectivity index (χ1n) is 6.47. The summed E-state index contributed by atoms with van der Waals surface area (Å²) in [6.45, 7) is -0.142. The fourth-order valence-corrected chi connectivity index (χ4v) is 1.57. The van der Waals surface area contributed by atoms with Gasteiger partial charge < -0.3 is 10.6 Å². The van der Waals surface area contributed by atoms with E-state index < -0.39 is 17.6 Å². The van der Waals surface area contributed by atoms with Crippen LogP contribution in [0.15, 0.2) is 46.8 Å². The van der Waals surface area contributed by atoms with E-state index in [1.807, 2.05) is 0 Å². The lowest BCUT2D eigenvalue weighted by atomic mass is 10.2. The molecule has 6 nitrogen and oxygen atoms in total. The minimum absolute atomic E-state index is 0.0770. The van der Waals surface area contributed by atoms with Crippen molar-refractivity contribution in [3.63, 3.8) is 0 Å². The van der Waals surface area contributed by atoms with Gasteiger partial charge in [-0.25, -0.2) is 14.4 Å². The summed E-state index contributed by atoms with van der Waals surface area (Å²) in [5.74, 6) is 3.78. The molecule has 2 aromatic rings. The largest absolute Gasteiger partial charge is 0.457 e. The van der Waals surface area contributed by atoms with Crippen molar-refractivity contribution in [2.24, 2.45) is 15.9 Å². The van der Waals surface area contributed by atoms with Crippen molar-refractivity contribution < 1.29 is 22.3 Å². The number of ether oxygens (including phenoxy) is 1. The highest BCUT2D eigenvalue weighted by Gasteiger charge is 2.34. The van der Waals surface area contributed by atoms with Gasteiger partial charge in [-0.1, -0.05) is 0 Å². The molecule has 1 aromatic carbocycles. The van der Waals surface area contributed by atoms with Crippen molar-refractivity contribution in [2.45, 2.75) is 6.18 Å². The average molecular weight is 341 g/mol. The Bertz CT molecular complexity index is 747. The fraction of sp³-hybridized carbons (Fsp3) is 0.143. The number of nitrogens with zero attached hydrogens (tertiary/aromatic N) is 4. The number of rotatable bonds is 5. The number of alkyl halides is 3. The van der Waals surface area contributed by atoms with Crippen molar-refractivity contribution in [3.8, 4) is 6.01 Å². The fourth-order valence-electron chi connectivity index (χ4n) is 1.57. The summed E-state index contributed by atoms with van der Waals surface area (Å²) in [7, 11) is 0. The van der Waals surface area contributed by atoms with Crippen LogP contribution in [0.2, 0.25) is 0 Å². The third-order valence-corrected chi connectivity index (χ3v) is 2.68. The lowest BCUT2D eigenvalue weighted by Crippen LogP contribution is -2.16. The Morgan fingerprint density at radius 2 is 1.96 bits per heavy atom. The van der Waals surface area contributed by atoms with Gasteiger partial charge >= 0.3 is 12.2 Å². The second-order valence-corrected chi connectivity index (χ2v) is 4.36. The molecule has 0 aliphatic heterocycles. The summed E-state index contributed by atoms with van der Waals surface area (Å²) in [5.41, 5.74) is -1.39. The Labute approximate surface area is 133 Å². The maximum absolute atomic E-state index is 13.2. The molecule has 0 atom stereocenters. The molecule has 0 unspecified atom stereocenters. The predicted molar refractivity (Wildman–Crippen MR) is 78.7 cm³/mol. The number of hydrogen-bond donors (Lipinski definition) is 1. The molecule has 0 spiro atoms. The molecule has 0 saturated carbocycles. The maximum Gasteiger partial charge on any atom is 0.419 e. The Hall–Kier alpha value is -3.04. The van der Waals surface area contributed by atoms with Crippen LogP contribution in [-0.2, 0) is 6.18 Å². The first-order chi connectivity index (χ1) is 11.4. The molecule has 0 bridgehead atoms. The summed E-state index contributed by atoms with van der Waals surface area (Å²) in [5, 5.41) is 3.40. The van der Waals surface area contributed by atoms with Crippen LogP contribution in [0.3, 0.4) is 0 Å². The van der Waals surface area contributed by atoms with Gasteiger partial charge in [-0.2, -0.15) is 18.3 Å². The van der Waals surface area contributed by atoms with Crippen molar-refractivity contribution in [1.29, 1.82) is 0 Å². The topological polar surface area (TPSA) is 85.8 Å². The van der Waals surface area contributed by atoms with Crippen molar-refractivity contribution >= 4 is 17.6 Å². The molecule has 2 N–H and O–H groups in total. The van der Waals surface area contributed by atoms with Crippen LogP contribution in [0.5, 0.6) is 6.01 Å². The molecule has 126 valence electrons. The Morgan fingerprint density at radius 1 is 1.25 bits per heavy atom. The van der Waals surface area contributed by atoms with Gasteiger partial charge in [0.15, 0.2) is 0 Å². The zero-order valence-corrected chi connectivity index (χ0v) is 12.0. The highest BCUT2D eigenvalue weighted by Crippen LogP contribution is 2.33. The van der Waals surface area contributed by atoms with Gasteiger partial charge in [-0.15, -0.1) is 0 Å². The highest BCUT2D eigenvalue weighted by molar-refractivity contribution is 6.31. The van der Waals surface area contributed by atoms with Crippen LogP contribution >= 0.6 is 0 Å². The van der Waals surface area contributed by atoms with Crippen molar-refractivity contribution in [3.05, 3.63) is 48.0 Å². The molecule has 0 saturated heterocycles. The van der Waals surface area contributed by atoms with Gasteiger partial charge in [-0.3, -0.25) is 4.99 Å². The first kappa shape index (κ1) is 17.3. The van der Waals surface area contributed by atoms with Gasteiger partial charge in [0.2, 0.25) is 0 Å². The average Bonchev–Trinajstić information content (AvgIpc) is 2.56. The number of aromatic nitrogens is 2. The van der Waals surface area contributed by atoms with Crippen molar-refractivity contribution in [2.75, 3.05) is 6.61 Å². The second kappa shape index (κ2) is 7.49. The van der Waals surface area contributed by atoms with E-state index in [2.05, 4.69) is 20.1 Å². The molecule has 2 rings (SSSR count). The summed E-state index contributed by atoms with van der Waals surface area (Å²) in [4.78, 5) is 11.4. The van der Waals surface area contributed by atoms with E-state index in [4.69, 9.17) is 10.6 Å². The molecule has 0 radical (unpaired) electrons. The zero-order chi connectivity index (χ0) is 17.6. The SMILES string of the molecule is NN=C(C=Nc1ccc(F)c(C(F)(F)F)c1)COc1ncccn1. The van der Waals surface area contributed by atoms with E-state index in [1.165, 1.54) is 12.4 Å². The standard InChI is InChI=1S/C14H11F4N5O/c15-12-3-2-9(6-11(12)14(16,17)18)22-7-10(23-19)8-24-13-20-4-1-5-21-13/h1-7H,8,19H2. The van der Waals surface area contributed by atoms with Crippen LogP contribution < -0.4 is 10.6 Å². The Balaban J connectivity index is 2.08. The van der Waals surface area contributed by atoms with Gasteiger partial charge in [0, 0.05) is 12.4 Å². The predicted octanol–water partition coefficient (Wildman–Crippen LogP) is 2.73. The summed E-state index contributed by atoms with van der Waals surface area (Å²) >= 11 is 0. The van der Waals surface area contributed by atoms with E-state index in [9.17, 15) is 17.6 Å². The number of halogens is 4. The summed E-state index contributed by atoms with van der Waals surface area (Å²) < 4.78 is 56.3. The van der Waals surface area contributed by atoms with Gasteiger partial charge in [0.25, 0.3) is 0 Å². The van der Waals surface area contributed by atoms with E-state index in [-0.39, 0.29) is 24.0 Å². The van der Waals surface area contributed by atoms with Gasteiger partial charge in [0.05, 0.1) is 17.5 Å². The quantitative estimate of drug-likeness (QED) is 0.392. The van der Waals surface area contributed by atoms with E-state index in [1.54, 1.807) is 6.07 Å². The van der Waals surface area contributed by atoms with Crippen molar-refractivity contribution in [1.82, 2.24) is 9.97 Å². The number of nitrogens with two attached hydrogens (primary N) is 1. The lowest BCUT2D eigenvalue weighted by Gasteiger charge is -2.08. The van der Waals surface area contributed by atoms with Gasteiger partial charge in [-0.05, 0) is 24.3 Å². The molecular weight excluding hydrogens is 330 g/mol. The highest BCUT2D eigenvalue weighted by atomic mass is 19.4. The molecule has 0 fully saturated rings. The van der Waals surface area contributed by atoms with Crippen LogP contribution in [0.1, 0.15) is 5.56 Å². The molecule has 0 aliphatic carbocycles. The van der Waals surface area contributed by atoms with E-state index >= 15 is 0 Å². The minimum atomic E-state index is -4.81. The summed E-state index contributed by atoms with van der Waals surface area (Å²) in [6, 6.07) is 4.03. The van der Waals surface area contributed by atoms with Gasteiger partial charge in [0.1, 0.15) is 18.1 Å². The summed E-state index contributed by atoms with van der Waals surface area (Å²) in [6.07, 6.45) is -0.774. The third-order valence-electron chi connectivity index (χ3n) is 2.68. The number of hydrazone groups is 1. The molecule has 1 aromatic heterocycles. The molecule has 0 aliphatic rings. The number of aliphatic imine (C=N–C) groups is 1. The molecular formula is C14H11F4N5O. The van der Waals surface area contributed by atoms with E-state index in [0.717, 1.165) is 12.3 Å². The van der Waals surface area contributed by atoms with Crippen LogP contribution in [-0.4, -0.2) is 28.5 Å². The van der Waals surface area contributed by atoms with Crippen LogP contribution in [0, 0.1) is 5.82 Å². The Morgan fingerprint density at radius 3 is 2.58 bits per heavy atom. The molecule has 1 heterocycles. The minimum Gasteiger partial charge on any atom is -0.457 e. The molecule has 0 amide bonds. The zero-order valence-electron chi connectivity index (χ0n) is 12.0. The molecule has 24 heavy (non-hydrogen) atoms. The molecule has 10 heteroatoms. The maximum atomic E-state index is 13.2. The normalized spacial score (nSPS) is 12.6. The van der Waals surface area contributed by atoms with Crippen LogP contribution in [0.25, 0.3) is 0 Å². The van der Waals surface area contributed by atoms with E-state index in [0.29, 0.717) is 12.1 Å². The first-order valence-corrected chi connectivity index (χ1v) is 6.47. The Kier molecular flexibility index (Phi) is 5.40. The monoisotopic (exact) mass is 341 g/mol. The number of hydrogen-bond acceptors (Lipinski definition) is 6. The van der Waals surface area contributed by atoms with Crippen LogP contribution in [0.4, 0.5) is 23.2 Å². The third kappa shape index (κ3) is 4.73. The lowest BCUT2D eigenvalue weighted by molar-refractivity contribution is -0.139. The smallest absolute Gasteiger partial charge is 0.419 e. The number of benzene rings is 1.